The minimum Gasteiger partial charge on any atom is -0.466 e. The molecular weight excluding hydrogens is 410 g/mol. The number of nitrogens with one attached hydrogen (secondary N) is 3. The molecule has 1 aliphatic rings. The predicted molar refractivity (Wildman–Crippen MR) is 119 cm³/mol. The van der Waals surface area contributed by atoms with Crippen molar-refractivity contribution in [3.05, 3.63) is 60.2 Å². The van der Waals surface area contributed by atoms with Gasteiger partial charge in [-0.05, 0) is 35.6 Å². The SMILES string of the molecule is COC(=O)/C=C/CNC(=O)C(=O)NCC1CC1C(=O)N[C@H](C)c1cccc2ccccc12. The maximum atomic E-state index is 12.6. The van der Waals surface area contributed by atoms with Crippen LogP contribution in [0.5, 0.6) is 0 Å². The molecule has 0 aromatic heterocycles. The number of carbonyl (C=O) groups is 4. The number of carbonyl (C=O) groups excluding carboxylic acids is 4. The molecule has 0 saturated heterocycles. The summed E-state index contributed by atoms with van der Waals surface area (Å²) in [7, 11) is 1.24. The highest BCUT2D eigenvalue weighted by Gasteiger charge is 2.43. The third-order valence-electron chi connectivity index (χ3n) is 5.47. The van der Waals surface area contributed by atoms with E-state index in [9.17, 15) is 19.2 Å². The molecule has 0 spiro atoms. The quantitative estimate of drug-likeness (QED) is 0.330. The third kappa shape index (κ3) is 5.94. The van der Waals surface area contributed by atoms with Gasteiger partial charge in [0.15, 0.2) is 0 Å². The van der Waals surface area contributed by atoms with Crippen molar-refractivity contribution >= 4 is 34.5 Å². The van der Waals surface area contributed by atoms with Gasteiger partial charge in [0.05, 0.1) is 13.2 Å². The molecule has 1 saturated carbocycles. The van der Waals surface area contributed by atoms with Gasteiger partial charge in [-0.15, -0.1) is 0 Å². The minimum atomic E-state index is -0.800. The zero-order chi connectivity index (χ0) is 23.1. The highest BCUT2D eigenvalue weighted by atomic mass is 16.5. The van der Waals surface area contributed by atoms with Gasteiger partial charge in [-0.3, -0.25) is 14.4 Å². The first-order valence-corrected chi connectivity index (χ1v) is 10.5. The minimum absolute atomic E-state index is 0.00527. The van der Waals surface area contributed by atoms with Crippen LogP contribution in [0, 0.1) is 11.8 Å². The first-order valence-electron chi connectivity index (χ1n) is 10.5. The first-order chi connectivity index (χ1) is 15.4. The van der Waals surface area contributed by atoms with Crippen molar-refractivity contribution in [1.82, 2.24) is 16.0 Å². The van der Waals surface area contributed by atoms with E-state index in [0.717, 1.165) is 22.4 Å². The van der Waals surface area contributed by atoms with E-state index in [0.29, 0.717) is 6.42 Å². The second-order valence-electron chi connectivity index (χ2n) is 7.75. The van der Waals surface area contributed by atoms with Crippen molar-refractivity contribution in [3.63, 3.8) is 0 Å². The van der Waals surface area contributed by atoms with E-state index in [-0.39, 0.29) is 36.9 Å². The van der Waals surface area contributed by atoms with Gasteiger partial charge in [0.1, 0.15) is 0 Å². The molecule has 0 heterocycles. The molecule has 0 radical (unpaired) electrons. The summed E-state index contributed by atoms with van der Waals surface area (Å²) in [5, 5.41) is 10.2. The van der Waals surface area contributed by atoms with Crippen LogP contribution >= 0.6 is 0 Å². The van der Waals surface area contributed by atoms with E-state index in [4.69, 9.17) is 0 Å². The van der Waals surface area contributed by atoms with Gasteiger partial charge in [-0.2, -0.15) is 0 Å². The van der Waals surface area contributed by atoms with E-state index in [1.165, 1.54) is 13.2 Å². The second kappa shape index (κ2) is 10.6. The summed E-state index contributed by atoms with van der Waals surface area (Å²) in [5.41, 5.74) is 1.06. The average molecular weight is 437 g/mol. The number of benzene rings is 2. The fourth-order valence-corrected chi connectivity index (χ4v) is 3.58. The molecular formula is C24H27N3O5. The third-order valence-corrected chi connectivity index (χ3v) is 5.47. The van der Waals surface area contributed by atoms with Gasteiger partial charge in [0.2, 0.25) is 5.91 Å². The molecule has 8 nitrogen and oxygen atoms in total. The summed E-state index contributed by atoms with van der Waals surface area (Å²) >= 11 is 0. The summed E-state index contributed by atoms with van der Waals surface area (Å²) in [6, 6.07) is 13.9. The van der Waals surface area contributed by atoms with Crippen LogP contribution in [0.3, 0.4) is 0 Å². The monoisotopic (exact) mass is 437 g/mol. The number of methoxy groups -OCH3 is 1. The molecule has 1 aliphatic carbocycles. The molecule has 3 N–H and O–H groups in total. The van der Waals surface area contributed by atoms with E-state index < -0.39 is 17.8 Å². The molecule has 2 unspecified atom stereocenters. The molecule has 3 atom stereocenters. The molecule has 168 valence electrons. The Hall–Kier alpha value is -3.68. The normalized spacial score (nSPS) is 18.1. The number of ether oxygens (including phenoxy) is 1. The maximum Gasteiger partial charge on any atom is 0.330 e. The first kappa shape index (κ1) is 23.0. The van der Waals surface area contributed by atoms with Crippen LogP contribution in [0.15, 0.2) is 54.6 Å². The fraction of sp³-hybridized carbons (Fsp3) is 0.333. The molecule has 2 aromatic rings. The van der Waals surface area contributed by atoms with Crippen LogP contribution in [-0.4, -0.2) is 43.9 Å². The number of hydrogen-bond donors (Lipinski definition) is 3. The number of esters is 1. The van der Waals surface area contributed by atoms with Crippen molar-refractivity contribution in [2.24, 2.45) is 11.8 Å². The number of hydrogen-bond acceptors (Lipinski definition) is 5. The molecule has 1 fully saturated rings. The summed E-state index contributed by atoms with van der Waals surface area (Å²) < 4.78 is 4.42. The summed E-state index contributed by atoms with van der Waals surface area (Å²) in [4.78, 5) is 47.2. The zero-order valence-corrected chi connectivity index (χ0v) is 18.1. The molecule has 2 aromatic carbocycles. The van der Waals surface area contributed by atoms with Crippen LogP contribution in [-0.2, 0) is 23.9 Å². The van der Waals surface area contributed by atoms with E-state index in [1.54, 1.807) is 0 Å². The van der Waals surface area contributed by atoms with Gasteiger partial charge in [0, 0.05) is 25.1 Å². The Bertz CT molecular complexity index is 1040. The molecule has 0 bridgehead atoms. The Kier molecular flexibility index (Phi) is 7.59. The molecule has 3 rings (SSSR count). The highest BCUT2D eigenvalue weighted by Crippen LogP contribution is 2.38. The second-order valence-corrected chi connectivity index (χ2v) is 7.75. The highest BCUT2D eigenvalue weighted by molar-refractivity contribution is 6.35. The molecule has 8 heteroatoms. The Morgan fingerprint density at radius 3 is 2.56 bits per heavy atom. The van der Waals surface area contributed by atoms with Gasteiger partial charge >= 0.3 is 17.8 Å². The van der Waals surface area contributed by atoms with Crippen LogP contribution in [0.2, 0.25) is 0 Å². The van der Waals surface area contributed by atoms with Crippen molar-refractivity contribution in [2.45, 2.75) is 19.4 Å². The average Bonchev–Trinajstić information content (AvgIpc) is 3.59. The van der Waals surface area contributed by atoms with Crippen molar-refractivity contribution in [3.8, 4) is 0 Å². The smallest absolute Gasteiger partial charge is 0.330 e. The lowest BCUT2D eigenvalue weighted by Gasteiger charge is -2.17. The van der Waals surface area contributed by atoms with Gasteiger partial charge in [-0.1, -0.05) is 48.5 Å². The van der Waals surface area contributed by atoms with Crippen LogP contribution in [0.4, 0.5) is 0 Å². The number of amides is 3. The van der Waals surface area contributed by atoms with E-state index in [2.05, 4.69) is 20.7 Å². The standard InChI is InChI=1S/C24H27N3O5/c1-15(18-10-5-8-16-7-3-4-9-19(16)18)27-22(29)20-13-17(20)14-26-24(31)23(30)25-12-6-11-21(28)32-2/h3-11,15,17,20H,12-14H2,1-2H3,(H,25,30)(H,26,31)(H,27,29)/b11-6+/t15-,17?,20?/m1/s1. The van der Waals surface area contributed by atoms with E-state index >= 15 is 0 Å². The van der Waals surface area contributed by atoms with Crippen LogP contribution in [0.1, 0.15) is 24.9 Å². The summed E-state index contributed by atoms with van der Waals surface area (Å²) in [6.45, 7) is 2.24. The van der Waals surface area contributed by atoms with Crippen LogP contribution < -0.4 is 16.0 Å². The van der Waals surface area contributed by atoms with Gasteiger partial charge in [-0.25, -0.2) is 4.79 Å². The lowest BCUT2D eigenvalue weighted by Crippen LogP contribution is -2.41. The van der Waals surface area contributed by atoms with Crippen molar-refractivity contribution in [1.29, 1.82) is 0 Å². The Balaban J connectivity index is 1.42. The van der Waals surface area contributed by atoms with Gasteiger partial charge in [0.25, 0.3) is 0 Å². The zero-order valence-electron chi connectivity index (χ0n) is 18.1. The Labute approximate surface area is 186 Å². The predicted octanol–water partition coefficient (Wildman–Crippen LogP) is 1.61. The van der Waals surface area contributed by atoms with Crippen molar-refractivity contribution in [2.75, 3.05) is 20.2 Å². The fourth-order valence-electron chi connectivity index (χ4n) is 3.58. The largest absolute Gasteiger partial charge is 0.466 e. The van der Waals surface area contributed by atoms with Gasteiger partial charge < -0.3 is 20.7 Å². The topological polar surface area (TPSA) is 114 Å². The number of rotatable bonds is 8. The summed E-state index contributed by atoms with van der Waals surface area (Å²) in [6.07, 6.45) is 3.21. The molecule has 0 aliphatic heterocycles. The number of fused-ring (bicyclic) bond motifs is 1. The summed E-state index contributed by atoms with van der Waals surface area (Å²) in [5.74, 6) is -2.35. The Morgan fingerprint density at radius 1 is 1.06 bits per heavy atom. The van der Waals surface area contributed by atoms with E-state index in [1.807, 2.05) is 49.4 Å². The molecule has 32 heavy (non-hydrogen) atoms. The lowest BCUT2D eigenvalue weighted by atomic mass is 9.99. The lowest BCUT2D eigenvalue weighted by molar-refractivity contribution is -0.139. The molecule has 3 amide bonds. The Morgan fingerprint density at radius 2 is 1.78 bits per heavy atom. The van der Waals surface area contributed by atoms with Crippen LogP contribution in [0.25, 0.3) is 10.8 Å². The maximum absolute atomic E-state index is 12.6. The van der Waals surface area contributed by atoms with Crippen molar-refractivity contribution < 1.29 is 23.9 Å².